The number of hydrogen-bond acceptors (Lipinski definition) is 4. The van der Waals surface area contributed by atoms with E-state index in [0.29, 0.717) is 23.7 Å². The van der Waals surface area contributed by atoms with E-state index >= 15 is 0 Å². The molecule has 13 heteroatoms. The third-order valence-corrected chi connectivity index (χ3v) is 54.5. The van der Waals surface area contributed by atoms with Crippen LogP contribution >= 0.6 is 17.0 Å². The Morgan fingerprint density at radius 1 is 0.275 bits per heavy atom. The molecule has 0 N–H and O–H groups in total. The zero-order valence-electron chi connectivity index (χ0n) is 81.6. The predicted octanol–water partition coefficient (Wildman–Crippen LogP) is 32.6. The van der Waals surface area contributed by atoms with Crippen molar-refractivity contribution in [2.45, 2.75) is 267 Å². The summed E-state index contributed by atoms with van der Waals surface area (Å²) in [4.78, 5) is 0. The number of fused-ring (bicyclic) bond motifs is 8. The summed E-state index contributed by atoms with van der Waals surface area (Å²) in [5.41, 5.74) is 23.9. The second-order valence-corrected chi connectivity index (χ2v) is 72.3. The van der Waals surface area contributed by atoms with Gasteiger partial charge < -0.3 is 17.7 Å². The van der Waals surface area contributed by atoms with Crippen LogP contribution in [0.4, 0.5) is 0 Å². The first-order valence-electron chi connectivity index (χ1n) is 48.4. The summed E-state index contributed by atoms with van der Waals surface area (Å²) in [6.45, 7) is 51.6. The van der Waals surface area contributed by atoms with Gasteiger partial charge in [0.2, 0.25) is 33.3 Å². The molecule has 676 valence electrons. The minimum atomic E-state index is -1.93. The van der Waals surface area contributed by atoms with Crippen LogP contribution in [0.1, 0.15) is 271 Å². The number of allylic oxidation sites excluding steroid dienone is 12. The Balaban J connectivity index is 0.000000171. The van der Waals surface area contributed by atoms with Gasteiger partial charge in [-0.3, -0.25) is 0 Å². The first kappa shape index (κ1) is 93.5. The second-order valence-electron chi connectivity index (χ2n) is 45.2. The van der Waals surface area contributed by atoms with Crippen molar-refractivity contribution in [3.05, 3.63) is 332 Å². The fourth-order valence-electron chi connectivity index (χ4n) is 19.7. The van der Waals surface area contributed by atoms with E-state index in [1.165, 1.54) is 161 Å². The quantitative estimate of drug-likeness (QED) is 0.0563. The average molecular weight is 1950 g/mol. The summed E-state index contributed by atoms with van der Waals surface area (Å²) in [5.74, 6) is 7.46. The van der Waals surface area contributed by atoms with Crippen LogP contribution in [0.2, 0.25) is 85.6 Å². The maximum atomic E-state index is 6.73. The van der Waals surface area contributed by atoms with E-state index in [-0.39, 0.29) is 43.8 Å². The molecule has 12 aromatic carbocycles. The number of benzene rings is 8. The van der Waals surface area contributed by atoms with Crippen LogP contribution < -0.4 is 38.5 Å². The normalized spacial score (nSPS) is 18.7. The molecule has 0 bridgehead atoms. The minimum absolute atomic E-state index is 0.155. The molecule has 4 atom stereocenters. The fourth-order valence-corrected chi connectivity index (χ4v) is 29.6. The van der Waals surface area contributed by atoms with Crippen molar-refractivity contribution in [3.8, 4) is 23.0 Å². The van der Waals surface area contributed by atoms with Gasteiger partial charge in [0.1, 0.15) is 23.0 Å². The van der Waals surface area contributed by atoms with Gasteiger partial charge in [0, 0.05) is 17.6 Å². The molecule has 0 saturated heterocycles. The molecule has 0 aliphatic heterocycles. The number of hydrogen-bond donors (Lipinski definition) is 0. The van der Waals surface area contributed by atoms with Crippen LogP contribution in [-0.2, 0) is 20.8 Å². The molecule has 8 aliphatic carbocycles. The summed E-state index contributed by atoms with van der Waals surface area (Å²) in [6, 6.07) is 66.0. The van der Waals surface area contributed by atoms with E-state index in [1.54, 1.807) is 43.0 Å². The monoisotopic (exact) mass is 1940 g/mol. The SMILES string of the molecule is C[Si]([c-]1c(C2CC2)cc2c1C=CC=CC2c1ccc2cc(O[Si](C)(C)C(C)(C)C)ccc2c1)[c-]1c(C2CC2)cc2c1C=CC=CC2c1ccc2cc(O[Si](C)(C)C(C)(C)C)ccc2c1.C[Si]([c-]1c(C2CC2)cc2c1C=CC=CC2c1ccc2cc(O[Si](C)(C)C(C)(C)C)ccc2c1)[c-]1c(C2CC2)cc2c1C=CC=CC2c1ccc2cc(O[Si](C)(C)C(C)(C)C)ccc2c1.[Cl][Zr][Cl]. The molecule has 20 rings (SSSR count). The summed E-state index contributed by atoms with van der Waals surface area (Å²) in [6.07, 6.45) is 48.5. The third-order valence-electron chi connectivity index (χ3n) is 31.8. The predicted molar refractivity (Wildman–Crippen MR) is 577 cm³/mol. The molecular weight excluding hydrogens is 1810 g/mol. The van der Waals surface area contributed by atoms with E-state index in [9.17, 15) is 0 Å². The first-order chi connectivity index (χ1) is 62.1. The Labute approximate surface area is 809 Å². The molecule has 4 saturated carbocycles. The third kappa shape index (κ3) is 19.0. The van der Waals surface area contributed by atoms with Gasteiger partial charge in [-0.05, 0) is 285 Å². The Hall–Kier alpha value is -7.92. The van der Waals surface area contributed by atoms with E-state index in [2.05, 4.69) is 416 Å². The van der Waals surface area contributed by atoms with Crippen LogP contribution in [0.15, 0.2) is 243 Å². The van der Waals surface area contributed by atoms with Gasteiger partial charge in [-0.15, -0.1) is 91.6 Å². The van der Waals surface area contributed by atoms with Gasteiger partial charge in [-0.2, -0.15) is 68.8 Å². The van der Waals surface area contributed by atoms with Gasteiger partial charge >= 0.3 is 37.9 Å². The van der Waals surface area contributed by atoms with E-state index in [0.717, 1.165) is 23.0 Å². The Morgan fingerprint density at radius 3 is 0.641 bits per heavy atom. The van der Waals surface area contributed by atoms with Crippen molar-refractivity contribution >= 4 is 156 Å². The van der Waals surface area contributed by atoms with Crippen molar-refractivity contribution in [1.82, 2.24) is 0 Å². The summed E-state index contributed by atoms with van der Waals surface area (Å²) in [7, 11) is -0.179. The Morgan fingerprint density at radius 2 is 0.458 bits per heavy atom. The van der Waals surface area contributed by atoms with Crippen LogP contribution in [0.25, 0.3) is 67.4 Å². The summed E-state index contributed by atoms with van der Waals surface area (Å²) < 4.78 is 26.9. The van der Waals surface area contributed by atoms with Gasteiger partial charge in [0.15, 0.2) is 0 Å². The molecule has 4 nitrogen and oxygen atoms in total. The second kappa shape index (κ2) is 36.0. The number of rotatable bonds is 20. The van der Waals surface area contributed by atoms with Gasteiger partial charge in [0.25, 0.3) is 0 Å². The topological polar surface area (TPSA) is 36.9 Å². The molecule has 8 aliphatic rings. The van der Waals surface area contributed by atoms with Crippen molar-refractivity contribution in [2.24, 2.45) is 0 Å². The molecule has 0 spiro atoms. The van der Waals surface area contributed by atoms with Crippen molar-refractivity contribution < 1.29 is 38.6 Å². The van der Waals surface area contributed by atoms with E-state index in [4.69, 9.17) is 34.7 Å². The van der Waals surface area contributed by atoms with Crippen molar-refractivity contribution in [2.75, 3.05) is 0 Å². The summed E-state index contributed by atoms with van der Waals surface area (Å²) >= 11 is -0.826. The standard InChI is InChI=1S/2C59H67O2Si3.2ClH.Zr/c2*1-58(2,3)63(8,9)60-46-30-28-40-32-44(26-24-42(40)34-46)48-16-12-14-18-50-54(48)36-52(38-20-21-38)56(50)62(7)57-51-19-15-13-17-49(55(51)37-53(57)39-22-23-39)45-27-25-43-35-47(31-29-41(43)33-45)61-64(10,11)59(4,5)6;;;/h2*12-19,24-39,48-49H,20-23H2,1-11H3;2*1H;/q2*-2;;;+2/p-2. The van der Waals surface area contributed by atoms with Gasteiger partial charge in [-0.25, -0.2) is 0 Å². The molecule has 12 aromatic rings. The van der Waals surface area contributed by atoms with Crippen molar-refractivity contribution in [1.29, 1.82) is 0 Å². The summed E-state index contributed by atoms with van der Waals surface area (Å²) in [5, 5.41) is 17.4. The van der Waals surface area contributed by atoms with Crippen LogP contribution in [0.3, 0.4) is 0 Å². The molecular formula is C118H134Cl2O4Si6Zr-4. The molecule has 0 amide bonds. The van der Waals surface area contributed by atoms with Crippen LogP contribution in [0, 0.1) is 0 Å². The van der Waals surface area contributed by atoms with Crippen LogP contribution in [0.5, 0.6) is 23.0 Å². The molecule has 2 radical (unpaired) electrons. The van der Waals surface area contributed by atoms with Gasteiger partial charge in [-0.1, -0.05) is 242 Å². The van der Waals surface area contributed by atoms with Crippen molar-refractivity contribution in [3.63, 3.8) is 0 Å². The number of halogens is 2. The Kier molecular flexibility index (Phi) is 25.7. The molecule has 4 unspecified atom stereocenters. The average Bonchev–Trinajstić information content (AvgIpc) is 1.58. The molecule has 0 aromatic heterocycles. The van der Waals surface area contributed by atoms with E-state index in [1.807, 2.05) is 0 Å². The first-order valence-corrected chi connectivity index (χ1v) is 70.4. The molecule has 131 heavy (non-hydrogen) atoms. The van der Waals surface area contributed by atoms with Crippen LogP contribution in [-0.4, -0.2) is 50.9 Å². The Bertz CT molecular complexity index is 5860. The maximum absolute atomic E-state index is 6.73. The zero-order valence-corrected chi connectivity index (χ0v) is 91.5. The zero-order chi connectivity index (χ0) is 92.6. The molecule has 0 heterocycles. The fraction of sp³-hybridized carbons (Fsp3) is 0.356. The molecule has 4 fully saturated rings. The van der Waals surface area contributed by atoms with E-state index < -0.39 is 71.7 Å². The van der Waals surface area contributed by atoms with Gasteiger partial charge in [0.05, 0.1) is 0 Å².